The van der Waals surface area contributed by atoms with E-state index in [2.05, 4.69) is 19.2 Å². The molecule has 0 aliphatic rings. The summed E-state index contributed by atoms with van der Waals surface area (Å²) in [5.74, 6) is 0.714. The average Bonchev–Trinajstić information content (AvgIpc) is 2.47. The van der Waals surface area contributed by atoms with Gasteiger partial charge in [-0.2, -0.15) is 0 Å². The largest absolute Gasteiger partial charge is 0.494 e. The highest BCUT2D eigenvalue weighted by atomic mass is 19.1. The van der Waals surface area contributed by atoms with Crippen LogP contribution in [-0.4, -0.2) is 14.2 Å². The van der Waals surface area contributed by atoms with E-state index in [1.54, 1.807) is 12.1 Å². The van der Waals surface area contributed by atoms with E-state index in [9.17, 15) is 4.39 Å². The van der Waals surface area contributed by atoms with Crippen molar-refractivity contribution < 1.29 is 9.13 Å². The van der Waals surface area contributed by atoms with Gasteiger partial charge in [-0.25, -0.2) is 4.39 Å². The molecule has 20 heavy (non-hydrogen) atoms. The molecule has 1 aromatic carbocycles. The van der Waals surface area contributed by atoms with Crippen LogP contribution in [0, 0.1) is 11.7 Å². The van der Waals surface area contributed by atoms with Crippen LogP contribution >= 0.6 is 0 Å². The van der Waals surface area contributed by atoms with Gasteiger partial charge < -0.3 is 10.1 Å². The second kappa shape index (κ2) is 8.96. The zero-order valence-electron chi connectivity index (χ0n) is 13.2. The summed E-state index contributed by atoms with van der Waals surface area (Å²) < 4.78 is 18.8. The van der Waals surface area contributed by atoms with Crippen LogP contribution in [-0.2, 0) is 0 Å². The Morgan fingerprint density at radius 3 is 2.55 bits per heavy atom. The van der Waals surface area contributed by atoms with Crippen molar-refractivity contribution in [3.8, 4) is 5.75 Å². The third-order valence-corrected chi connectivity index (χ3v) is 4.04. The number of benzene rings is 1. The van der Waals surface area contributed by atoms with Crippen molar-refractivity contribution in [1.82, 2.24) is 5.32 Å². The number of ether oxygens (including phenoxy) is 1. The first-order valence-electron chi connectivity index (χ1n) is 7.66. The van der Waals surface area contributed by atoms with Crippen molar-refractivity contribution in [2.45, 2.75) is 52.0 Å². The van der Waals surface area contributed by atoms with Gasteiger partial charge in [-0.05, 0) is 37.1 Å². The fourth-order valence-corrected chi connectivity index (χ4v) is 2.63. The maximum atomic E-state index is 13.8. The van der Waals surface area contributed by atoms with Gasteiger partial charge in [0.05, 0.1) is 7.11 Å². The highest BCUT2D eigenvalue weighted by Crippen LogP contribution is 2.28. The zero-order valence-corrected chi connectivity index (χ0v) is 13.2. The second-order valence-electron chi connectivity index (χ2n) is 5.39. The number of hydrogen-bond acceptors (Lipinski definition) is 2. The molecule has 0 saturated carbocycles. The Labute approximate surface area is 122 Å². The fourth-order valence-electron chi connectivity index (χ4n) is 2.63. The maximum absolute atomic E-state index is 13.8. The predicted molar refractivity (Wildman–Crippen MR) is 82.7 cm³/mol. The summed E-state index contributed by atoms with van der Waals surface area (Å²) in [7, 11) is 3.44. The van der Waals surface area contributed by atoms with Gasteiger partial charge >= 0.3 is 0 Å². The minimum atomic E-state index is -0.285. The molecule has 114 valence electrons. The van der Waals surface area contributed by atoms with Gasteiger partial charge in [0.1, 0.15) is 0 Å². The van der Waals surface area contributed by atoms with E-state index in [-0.39, 0.29) is 11.9 Å². The number of nitrogens with one attached hydrogen (secondary N) is 1. The van der Waals surface area contributed by atoms with Crippen molar-refractivity contribution in [3.05, 3.63) is 29.6 Å². The Morgan fingerprint density at radius 2 is 2.05 bits per heavy atom. The summed E-state index contributed by atoms with van der Waals surface area (Å²) in [4.78, 5) is 0. The molecular weight excluding hydrogens is 253 g/mol. The van der Waals surface area contributed by atoms with Crippen molar-refractivity contribution in [1.29, 1.82) is 0 Å². The van der Waals surface area contributed by atoms with E-state index >= 15 is 0 Å². The summed E-state index contributed by atoms with van der Waals surface area (Å²) >= 11 is 0. The van der Waals surface area contributed by atoms with Crippen molar-refractivity contribution in [2.75, 3.05) is 14.2 Å². The van der Waals surface area contributed by atoms with Gasteiger partial charge in [-0.15, -0.1) is 0 Å². The molecule has 2 unspecified atom stereocenters. The van der Waals surface area contributed by atoms with Crippen LogP contribution in [0.15, 0.2) is 18.2 Å². The Hall–Kier alpha value is -1.09. The molecule has 0 aliphatic heterocycles. The third kappa shape index (κ3) is 4.78. The lowest BCUT2D eigenvalue weighted by atomic mass is 9.89. The zero-order chi connectivity index (χ0) is 15.0. The monoisotopic (exact) mass is 281 g/mol. The topological polar surface area (TPSA) is 21.3 Å². The average molecular weight is 281 g/mol. The molecule has 0 aliphatic carbocycles. The summed E-state index contributed by atoms with van der Waals surface area (Å²) in [6.45, 7) is 4.46. The lowest BCUT2D eigenvalue weighted by molar-refractivity contribution is 0.361. The van der Waals surface area contributed by atoms with Crippen LogP contribution in [0.1, 0.15) is 57.6 Å². The molecule has 1 rings (SSSR count). The van der Waals surface area contributed by atoms with Gasteiger partial charge in [0, 0.05) is 6.04 Å². The second-order valence-corrected chi connectivity index (χ2v) is 5.39. The Balaban J connectivity index is 2.76. The molecule has 1 aromatic rings. The Kier molecular flexibility index (Phi) is 7.60. The molecule has 0 bridgehead atoms. The minimum absolute atomic E-state index is 0.206. The van der Waals surface area contributed by atoms with Crippen LogP contribution < -0.4 is 10.1 Å². The molecule has 0 aromatic heterocycles. The molecule has 2 atom stereocenters. The number of hydrogen-bond donors (Lipinski definition) is 1. The van der Waals surface area contributed by atoms with Gasteiger partial charge in [0.15, 0.2) is 11.6 Å². The van der Waals surface area contributed by atoms with E-state index < -0.39 is 0 Å². The van der Waals surface area contributed by atoms with E-state index in [0.29, 0.717) is 11.7 Å². The smallest absolute Gasteiger partial charge is 0.165 e. The molecule has 0 saturated heterocycles. The Morgan fingerprint density at radius 1 is 1.30 bits per heavy atom. The quantitative estimate of drug-likeness (QED) is 0.708. The first-order valence-corrected chi connectivity index (χ1v) is 7.66. The highest BCUT2D eigenvalue weighted by Gasteiger charge is 2.17. The van der Waals surface area contributed by atoms with Crippen molar-refractivity contribution in [2.24, 2.45) is 5.92 Å². The lowest BCUT2D eigenvalue weighted by Gasteiger charge is -2.23. The molecule has 0 heterocycles. The lowest BCUT2D eigenvalue weighted by Crippen LogP contribution is -2.20. The molecule has 0 amide bonds. The normalized spacial score (nSPS) is 14.1. The molecule has 3 heteroatoms. The summed E-state index contributed by atoms with van der Waals surface area (Å²) in [6.07, 6.45) is 5.99. The third-order valence-electron chi connectivity index (χ3n) is 4.04. The summed E-state index contributed by atoms with van der Waals surface area (Å²) in [5.41, 5.74) is 1.00. The SMILES string of the molecule is CCCCC(CC)CC(NC)c1ccc(OC)c(F)c1. The van der Waals surface area contributed by atoms with Crippen LogP contribution in [0.4, 0.5) is 4.39 Å². The molecule has 2 nitrogen and oxygen atoms in total. The summed E-state index contributed by atoms with van der Waals surface area (Å²) in [5, 5.41) is 3.32. The van der Waals surface area contributed by atoms with E-state index in [1.807, 2.05) is 13.1 Å². The van der Waals surface area contributed by atoms with Crippen molar-refractivity contribution in [3.63, 3.8) is 0 Å². The molecule has 0 spiro atoms. The van der Waals surface area contributed by atoms with Crippen LogP contribution in [0.25, 0.3) is 0 Å². The molecular formula is C17H28FNO. The standard InChI is InChI=1S/C17H28FNO/c1-5-7-8-13(6-2)11-16(19-3)14-9-10-17(20-4)15(18)12-14/h9-10,12-13,16,19H,5-8,11H2,1-4H3. The van der Waals surface area contributed by atoms with E-state index in [1.165, 1.54) is 32.8 Å². The van der Waals surface area contributed by atoms with Gasteiger partial charge in [-0.1, -0.05) is 45.6 Å². The molecule has 1 N–H and O–H groups in total. The van der Waals surface area contributed by atoms with E-state index in [0.717, 1.165) is 12.0 Å². The van der Waals surface area contributed by atoms with Crippen LogP contribution in [0.5, 0.6) is 5.75 Å². The predicted octanol–water partition coefficient (Wildman–Crippen LogP) is 4.70. The van der Waals surface area contributed by atoms with Crippen molar-refractivity contribution >= 4 is 0 Å². The van der Waals surface area contributed by atoms with Gasteiger partial charge in [-0.3, -0.25) is 0 Å². The maximum Gasteiger partial charge on any atom is 0.165 e. The van der Waals surface area contributed by atoms with Gasteiger partial charge in [0.25, 0.3) is 0 Å². The number of unbranched alkanes of at least 4 members (excludes halogenated alkanes) is 1. The highest BCUT2D eigenvalue weighted by molar-refractivity contribution is 5.31. The molecule has 0 fully saturated rings. The van der Waals surface area contributed by atoms with Crippen LogP contribution in [0.2, 0.25) is 0 Å². The number of halogens is 1. The van der Waals surface area contributed by atoms with E-state index in [4.69, 9.17) is 4.74 Å². The first kappa shape index (κ1) is 17.0. The minimum Gasteiger partial charge on any atom is -0.494 e. The van der Waals surface area contributed by atoms with Gasteiger partial charge in [0.2, 0.25) is 0 Å². The number of rotatable bonds is 9. The molecule has 0 radical (unpaired) electrons. The number of methoxy groups -OCH3 is 1. The van der Waals surface area contributed by atoms with Crippen LogP contribution in [0.3, 0.4) is 0 Å². The first-order chi connectivity index (χ1) is 9.65. The summed E-state index contributed by atoms with van der Waals surface area (Å²) in [6, 6.07) is 5.46. The Bertz CT molecular complexity index is 395. The fraction of sp³-hybridized carbons (Fsp3) is 0.647.